The fourth-order valence-corrected chi connectivity index (χ4v) is 6.74. The van der Waals surface area contributed by atoms with Gasteiger partial charge in [0.15, 0.2) is 0 Å². The van der Waals surface area contributed by atoms with Crippen LogP contribution in [0, 0.1) is 0 Å². The van der Waals surface area contributed by atoms with Crippen molar-refractivity contribution in [1.29, 1.82) is 0 Å². The zero-order chi connectivity index (χ0) is 37.1. The van der Waals surface area contributed by atoms with Gasteiger partial charge in [-0.1, -0.05) is 59.6 Å². The summed E-state index contributed by atoms with van der Waals surface area (Å²) in [6.07, 6.45) is 2.92. The fraction of sp³-hybridized carbons (Fsp3) is 0.243. The van der Waals surface area contributed by atoms with Gasteiger partial charge in [-0.3, -0.25) is 18.8 Å². The highest BCUT2D eigenvalue weighted by Crippen LogP contribution is 2.42. The number of nitrogens with zero attached hydrogens (tertiary/aromatic N) is 4. The summed E-state index contributed by atoms with van der Waals surface area (Å²) in [4.78, 5) is 58.6. The van der Waals surface area contributed by atoms with Crippen LogP contribution in [0.25, 0.3) is 39.2 Å². The lowest BCUT2D eigenvalue weighted by Crippen LogP contribution is -2.41. The van der Waals surface area contributed by atoms with Gasteiger partial charge in [0, 0.05) is 65.8 Å². The molecule has 1 aliphatic heterocycles. The molecule has 1 saturated heterocycles. The van der Waals surface area contributed by atoms with E-state index in [1.807, 2.05) is 36.4 Å². The largest absolute Gasteiger partial charge is 0.481 e. The number of nitrogens with two attached hydrogens (primary N) is 1. The molecular formula is C37H35Cl2N7O6. The predicted molar refractivity (Wildman–Crippen MR) is 197 cm³/mol. The molecule has 52 heavy (non-hydrogen) atoms. The molecule has 1 fully saturated rings. The number of carboxylic acid groups (broad SMARTS) is 1. The minimum Gasteiger partial charge on any atom is -0.481 e. The number of aromatic nitrogens is 3. The lowest BCUT2D eigenvalue weighted by Gasteiger charge is -2.23. The van der Waals surface area contributed by atoms with Crippen LogP contribution in [-0.2, 0) is 22.7 Å². The summed E-state index contributed by atoms with van der Waals surface area (Å²) in [5, 5.41) is 16.4. The minimum atomic E-state index is -1.12. The van der Waals surface area contributed by atoms with Gasteiger partial charge in [0.25, 0.3) is 5.56 Å². The molecule has 0 unspecified atom stereocenters. The summed E-state index contributed by atoms with van der Waals surface area (Å²) in [6, 6.07) is 17.3. The van der Waals surface area contributed by atoms with Crippen molar-refractivity contribution < 1.29 is 24.2 Å². The van der Waals surface area contributed by atoms with Crippen LogP contribution in [-0.4, -0.2) is 68.0 Å². The molecule has 268 valence electrons. The number of carbonyl (C=O) groups excluding carboxylic acids is 2. The highest BCUT2D eigenvalue weighted by atomic mass is 35.5. The molecule has 6 rings (SSSR count). The number of benzene rings is 2. The first-order chi connectivity index (χ1) is 24.9. The molecule has 0 bridgehead atoms. The van der Waals surface area contributed by atoms with E-state index < -0.39 is 18.0 Å². The van der Waals surface area contributed by atoms with Crippen molar-refractivity contribution in [2.45, 2.75) is 44.9 Å². The number of ether oxygens (including phenoxy) is 1. The number of rotatable bonds is 12. The van der Waals surface area contributed by atoms with Crippen molar-refractivity contribution in [1.82, 2.24) is 29.9 Å². The Hall–Kier alpha value is -5.50. The summed E-state index contributed by atoms with van der Waals surface area (Å²) >= 11 is 14.1. The van der Waals surface area contributed by atoms with Crippen LogP contribution in [0.15, 0.2) is 77.9 Å². The summed E-state index contributed by atoms with van der Waals surface area (Å²) < 4.78 is 7.00. The third-order valence-corrected chi connectivity index (χ3v) is 9.79. The molecular weight excluding hydrogens is 709 g/mol. The molecule has 4 heterocycles. The predicted octanol–water partition coefficient (Wildman–Crippen LogP) is 5.13. The standard InChI is InChI=1S/C37H35Cl2N7O6/c1-20(34(40)48)41-16-23-17-42-30-15-21(13-14-46(30)36(23)49)25-5-3-6-26(32(25)38)27-7-4-8-28(33(27)39)29-11-9-22(35(44-29)52-2)18-45(37(50)51)19-24-10-12-31(47)43-24/h3-9,11,13-15,17,20,24,41H,10,12,16,18-19H2,1-2H3,(H2,40,48)(H,43,47)(H,50,51)/t20-,24-/m0/s1. The summed E-state index contributed by atoms with van der Waals surface area (Å²) in [5.41, 5.74) is 10.3. The van der Waals surface area contributed by atoms with Crippen LogP contribution >= 0.6 is 23.2 Å². The average Bonchev–Trinajstić information content (AvgIpc) is 3.55. The van der Waals surface area contributed by atoms with E-state index in [4.69, 9.17) is 33.7 Å². The second kappa shape index (κ2) is 15.4. The average molecular weight is 745 g/mol. The molecule has 2 aromatic carbocycles. The third-order valence-electron chi connectivity index (χ3n) is 8.97. The van der Waals surface area contributed by atoms with E-state index in [1.54, 1.807) is 37.4 Å². The van der Waals surface area contributed by atoms with Crippen molar-refractivity contribution in [3.05, 3.63) is 105 Å². The van der Waals surface area contributed by atoms with E-state index in [0.717, 1.165) is 5.56 Å². The molecule has 0 spiro atoms. The Morgan fingerprint density at radius 1 is 1.06 bits per heavy atom. The number of primary amides is 1. The van der Waals surface area contributed by atoms with Crippen molar-refractivity contribution in [3.8, 4) is 39.4 Å². The Morgan fingerprint density at radius 3 is 2.40 bits per heavy atom. The van der Waals surface area contributed by atoms with Gasteiger partial charge in [-0.15, -0.1) is 0 Å². The van der Waals surface area contributed by atoms with Crippen LogP contribution in [0.2, 0.25) is 10.0 Å². The first-order valence-corrected chi connectivity index (χ1v) is 17.1. The van der Waals surface area contributed by atoms with Crippen LogP contribution < -0.4 is 26.7 Å². The monoisotopic (exact) mass is 743 g/mol. The van der Waals surface area contributed by atoms with E-state index >= 15 is 0 Å². The van der Waals surface area contributed by atoms with Gasteiger partial charge in [0.05, 0.1) is 41.0 Å². The van der Waals surface area contributed by atoms with Crippen molar-refractivity contribution in [3.63, 3.8) is 0 Å². The van der Waals surface area contributed by atoms with Crippen LogP contribution in [0.4, 0.5) is 4.79 Å². The first-order valence-electron chi connectivity index (χ1n) is 16.4. The van der Waals surface area contributed by atoms with Gasteiger partial charge in [0.1, 0.15) is 5.65 Å². The molecule has 5 aromatic rings. The van der Waals surface area contributed by atoms with Gasteiger partial charge < -0.3 is 31.1 Å². The Morgan fingerprint density at radius 2 is 1.75 bits per heavy atom. The number of halogens is 2. The number of pyridine rings is 2. The van der Waals surface area contributed by atoms with Crippen molar-refractivity contribution in [2.75, 3.05) is 13.7 Å². The topological polar surface area (TPSA) is 181 Å². The first kappa shape index (κ1) is 36.3. The SMILES string of the molecule is COc1nc(-c2cccc(-c3cccc(-c4ccn5c(=O)c(CN[C@@H](C)C(N)=O)cnc5c4)c3Cl)c2Cl)ccc1CN(C[C@@H]1CCC(=O)N1)C(=O)O. The molecule has 0 saturated carbocycles. The maximum absolute atomic E-state index is 13.1. The van der Waals surface area contributed by atoms with Crippen molar-refractivity contribution >= 4 is 46.8 Å². The second-order valence-corrected chi connectivity index (χ2v) is 13.2. The van der Waals surface area contributed by atoms with Crippen LogP contribution in [0.5, 0.6) is 5.88 Å². The number of fused-ring (bicyclic) bond motifs is 1. The van der Waals surface area contributed by atoms with Crippen molar-refractivity contribution in [2.24, 2.45) is 5.73 Å². The molecule has 2 atom stereocenters. The lowest BCUT2D eigenvalue weighted by atomic mass is 9.97. The number of hydrogen-bond donors (Lipinski definition) is 4. The molecule has 3 amide bonds. The zero-order valence-electron chi connectivity index (χ0n) is 28.2. The number of amides is 3. The Kier molecular flexibility index (Phi) is 10.7. The number of carbonyl (C=O) groups is 3. The number of nitrogens with one attached hydrogen (secondary N) is 2. The van der Waals surface area contributed by atoms with Gasteiger partial charge in [-0.2, -0.15) is 0 Å². The van der Waals surface area contributed by atoms with Gasteiger partial charge >= 0.3 is 6.09 Å². The van der Waals surface area contributed by atoms with E-state index in [2.05, 4.69) is 20.6 Å². The maximum Gasteiger partial charge on any atom is 0.407 e. The van der Waals surface area contributed by atoms with E-state index in [9.17, 15) is 24.3 Å². The molecule has 3 aromatic heterocycles. The normalized spacial score (nSPS) is 14.6. The summed E-state index contributed by atoms with van der Waals surface area (Å²) in [5.74, 6) is -0.367. The Labute approximate surface area is 308 Å². The molecule has 0 radical (unpaired) electrons. The molecule has 0 aliphatic carbocycles. The summed E-state index contributed by atoms with van der Waals surface area (Å²) in [7, 11) is 1.46. The fourth-order valence-electron chi connectivity index (χ4n) is 6.08. The van der Waals surface area contributed by atoms with Gasteiger partial charge in [-0.05, 0) is 43.2 Å². The Balaban J connectivity index is 1.28. The van der Waals surface area contributed by atoms with E-state index in [0.29, 0.717) is 67.6 Å². The smallest absolute Gasteiger partial charge is 0.407 e. The van der Waals surface area contributed by atoms with Crippen LogP contribution in [0.3, 0.4) is 0 Å². The highest BCUT2D eigenvalue weighted by molar-refractivity contribution is 6.39. The molecule has 15 heteroatoms. The maximum atomic E-state index is 13.1. The molecule has 1 aliphatic rings. The molecule has 5 N–H and O–H groups in total. The second-order valence-electron chi connectivity index (χ2n) is 12.4. The van der Waals surface area contributed by atoms with E-state index in [-0.39, 0.29) is 43.0 Å². The number of methoxy groups -OCH3 is 1. The summed E-state index contributed by atoms with van der Waals surface area (Å²) in [6.45, 7) is 1.91. The molecule has 13 nitrogen and oxygen atoms in total. The lowest BCUT2D eigenvalue weighted by molar-refractivity contribution is -0.120. The van der Waals surface area contributed by atoms with Crippen LogP contribution in [0.1, 0.15) is 30.9 Å². The van der Waals surface area contributed by atoms with E-state index in [1.165, 1.54) is 22.6 Å². The highest BCUT2D eigenvalue weighted by Gasteiger charge is 2.26. The minimum absolute atomic E-state index is 0.0157. The van der Waals surface area contributed by atoms with Gasteiger partial charge in [0.2, 0.25) is 17.7 Å². The zero-order valence-corrected chi connectivity index (χ0v) is 29.7. The third kappa shape index (κ3) is 7.57. The Bertz CT molecular complexity index is 2260. The van der Waals surface area contributed by atoms with Gasteiger partial charge in [-0.25, -0.2) is 14.8 Å². The quantitative estimate of drug-likeness (QED) is 0.135. The number of hydrogen-bond acceptors (Lipinski definition) is 8.